The monoisotopic (exact) mass is 248 g/mol. The Hall–Kier alpha value is -2.16. The van der Waals surface area contributed by atoms with Crippen molar-refractivity contribution in [2.24, 2.45) is 11.8 Å². The minimum Gasteiger partial charge on any atom is -0.370 e. The molecule has 0 aromatic carbocycles. The lowest BCUT2D eigenvalue weighted by Crippen LogP contribution is -2.17. The molecular weight excluding hydrogens is 232 g/mol. The van der Waals surface area contributed by atoms with Crippen molar-refractivity contribution in [2.75, 3.05) is 11.9 Å². The van der Waals surface area contributed by atoms with Gasteiger partial charge in [-0.1, -0.05) is 20.8 Å². The normalized spacial score (nSPS) is 11.9. The van der Waals surface area contributed by atoms with E-state index >= 15 is 0 Å². The van der Waals surface area contributed by atoms with Crippen LogP contribution in [0.1, 0.15) is 26.5 Å². The number of hydrogen-bond donors (Lipinski definition) is 1. The van der Waals surface area contributed by atoms with Gasteiger partial charge >= 0.3 is 5.69 Å². The van der Waals surface area contributed by atoms with Gasteiger partial charge in [0.05, 0.1) is 4.92 Å². The van der Waals surface area contributed by atoms with Crippen molar-refractivity contribution in [1.82, 2.24) is 4.98 Å². The fourth-order valence-electron chi connectivity index (χ4n) is 1.28. The average Bonchev–Trinajstić information content (AvgIpc) is 2.34. The number of nitro groups is 1. The predicted octanol–water partition coefficient (Wildman–Crippen LogP) is 2.57. The zero-order valence-electron chi connectivity index (χ0n) is 10.7. The molecule has 96 valence electrons. The topological polar surface area (TPSA) is 91.9 Å². The minimum atomic E-state index is -0.605. The van der Waals surface area contributed by atoms with E-state index in [4.69, 9.17) is 5.26 Å². The van der Waals surface area contributed by atoms with Crippen LogP contribution in [-0.2, 0) is 0 Å². The van der Waals surface area contributed by atoms with Crippen molar-refractivity contribution < 1.29 is 4.92 Å². The zero-order chi connectivity index (χ0) is 13.7. The first-order valence-corrected chi connectivity index (χ1v) is 5.75. The van der Waals surface area contributed by atoms with Crippen LogP contribution in [0.3, 0.4) is 0 Å². The Kier molecular flexibility index (Phi) is 4.60. The first-order valence-electron chi connectivity index (χ1n) is 5.75. The van der Waals surface area contributed by atoms with Crippen LogP contribution in [0.5, 0.6) is 0 Å². The van der Waals surface area contributed by atoms with E-state index in [0.717, 1.165) is 0 Å². The summed E-state index contributed by atoms with van der Waals surface area (Å²) in [5, 5.41) is 22.5. The summed E-state index contributed by atoms with van der Waals surface area (Å²) in [6.07, 6.45) is 0. The summed E-state index contributed by atoms with van der Waals surface area (Å²) in [6.45, 7) is 7.06. The number of hydrogen-bond acceptors (Lipinski definition) is 5. The van der Waals surface area contributed by atoms with Crippen LogP contribution in [0.2, 0.25) is 0 Å². The summed E-state index contributed by atoms with van der Waals surface area (Å²) >= 11 is 0. The SMILES string of the molecule is CC(C)C(C)CNc1ccc([N+](=O)[O-])c(C#N)n1. The van der Waals surface area contributed by atoms with E-state index in [0.29, 0.717) is 24.2 Å². The van der Waals surface area contributed by atoms with Gasteiger partial charge in [0.25, 0.3) is 0 Å². The van der Waals surface area contributed by atoms with Gasteiger partial charge in [-0.25, -0.2) is 4.98 Å². The number of nitrogens with one attached hydrogen (secondary N) is 1. The quantitative estimate of drug-likeness (QED) is 0.638. The van der Waals surface area contributed by atoms with Crippen LogP contribution >= 0.6 is 0 Å². The van der Waals surface area contributed by atoms with Crippen molar-refractivity contribution in [3.63, 3.8) is 0 Å². The Balaban J connectivity index is 2.81. The smallest absolute Gasteiger partial charge is 0.305 e. The van der Waals surface area contributed by atoms with Crippen LogP contribution in [-0.4, -0.2) is 16.5 Å². The fraction of sp³-hybridized carbons (Fsp3) is 0.500. The molecule has 0 spiro atoms. The Morgan fingerprint density at radius 1 is 1.50 bits per heavy atom. The van der Waals surface area contributed by atoms with Crippen LogP contribution < -0.4 is 5.32 Å². The van der Waals surface area contributed by atoms with Gasteiger partial charge in [0.15, 0.2) is 0 Å². The van der Waals surface area contributed by atoms with Crippen molar-refractivity contribution in [3.8, 4) is 6.07 Å². The standard InChI is InChI=1S/C12H16N4O2/c1-8(2)9(3)7-14-12-5-4-11(16(17)18)10(6-13)15-12/h4-5,8-9H,7H2,1-3H3,(H,14,15). The lowest BCUT2D eigenvalue weighted by Gasteiger charge is -2.16. The summed E-state index contributed by atoms with van der Waals surface area (Å²) in [7, 11) is 0. The third-order valence-corrected chi connectivity index (χ3v) is 2.92. The average molecular weight is 248 g/mol. The second-order valence-electron chi connectivity index (χ2n) is 4.54. The zero-order valence-corrected chi connectivity index (χ0v) is 10.7. The van der Waals surface area contributed by atoms with Crippen LogP contribution in [0.4, 0.5) is 11.5 Å². The molecule has 1 aromatic heterocycles. The molecule has 0 aliphatic heterocycles. The molecule has 0 bridgehead atoms. The van der Waals surface area contributed by atoms with Gasteiger partial charge in [-0.2, -0.15) is 5.26 Å². The first kappa shape index (κ1) is 13.9. The number of rotatable bonds is 5. The molecular formula is C12H16N4O2. The first-order chi connectivity index (χ1) is 8.45. The van der Waals surface area contributed by atoms with Gasteiger partial charge in [0, 0.05) is 12.6 Å². The fourth-order valence-corrected chi connectivity index (χ4v) is 1.28. The number of nitrogens with zero attached hydrogens (tertiary/aromatic N) is 3. The van der Waals surface area contributed by atoms with E-state index in [9.17, 15) is 10.1 Å². The lowest BCUT2D eigenvalue weighted by molar-refractivity contribution is -0.385. The van der Waals surface area contributed by atoms with E-state index in [-0.39, 0.29) is 11.4 Å². The van der Waals surface area contributed by atoms with E-state index in [1.54, 1.807) is 6.07 Å². The summed E-state index contributed by atoms with van der Waals surface area (Å²) in [5.41, 5.74) is -0.429. The number of anilines is 1. The molecule has 6 heteroatoms. The molecule has 1 heterocycles. The van der Waals surface area contributed by atoms with Gasteiger partial charge in [-0.15, -0.1) is 0 Å². The van der Waals surface area contributed by atoms with Crippen molar-refractivity contribution in [1.29, 1.82) is 5.26 Å². The molecule has 0 aliphatic rings. The van der Waals surface area contributed by atoms with Crippen LogP contribution in [0, 0.1) is 33.3 Å². The molecule has 1 unspecified atom stereocenters. The summed E-state index contributed by atoms with van der Waals surface area (Å²) < 4.78 is 0. The Morgan fingerprint density at radius 2 is 2.17 bits per heavy atom. The highest BCUT2D eigenvalue weighted by molar-refractivity contribution is 5.50. The van der Waals surface area contributed by atoms with Gasteiger partial charge in [-0.05, 0) is 17.9 Å². The third-order valence-electron chi connectivity index (χ3n) is 2.92. The molecule has 0 saturated carbocycles. The van der Waals surface area contributed by atoms with Crippen LogP contribution in [0.15, 0.2) is 12.1 Å². The number of pyridine rings is 1. The maximum atomic E-state index is 10.6. The molecule has 0 amide bonds. The lowest BCUT2D eigenvalue weighted by atomic mass is 9.98. The van der Waals surface area contributed by atoms with E-state index < -0.39 is 4.92 Å². The molecule has 18 heavy (non-hydrogen) atoms. The van der Waals surface area contributed by atoms with E-state index in [2.05, 4.69) is 31.1 Å². The highest BCUT2D eigenvalue weighted by Gasteiger charge is 2.15. The number of aromatic nitrogens is 1. The second-order valence-corrected chi connectivity index (χ2v) is 4.54. The Labute approximate surface area is 106 Å². The van der Waals surface area contributed by atoms with Crippen molar-refractivity contribution in [2.45, 2.75) is 20.8 Å². The molecule has 1 rings (SSSR count). The third kappa shape index (κ3) is 3.42. The molecule has 1 aromatic rings. The molecule has 1 atom stereocenters. The van der Waals surface area contributed by atoms with Crippen molar-refractivity contribution >= 4 is 11.5 Å². The molecule has 0 saturated heterocycles. The van der Waals surface area contributed by atoms with E-state index in [1.165, 1.54) is 12.1 Å². The largest absolute Gasteiger partial charge is 0.370 e. The molecule has 0 aliphatic carbocycles. The highest BCUT2D eigenvalue weighted by Crippen LogP contribution is 2.18. The maximum absolute atomic E-state index is 10.6. The molecule has 0 radical (unpaired) electrons. The molecule has 6 nitrogen and oxygen atoms in total. The van der Waals surface area contributed by atoms with Gasteiger partial charge in [0.1, 0.15) is 11.9 Å². The molecule has 0 fully saturated rings. The summed E-state index contributed by atoms with van der Waals surface area (Å²) in [5.74, 6) is 1.48. The maximum Gasteiger partial charge on any atom is 0.305 e. The summed E-state index contributed by atoms with van der Waals surface area (Å²) in [6, 6.07) is 4.55. The van der Waals surface area contributed by atoms with Gasteiger partial charge < -0.3 is 5.32 Å². The predicted molar refractivity (Wildman–Crippen MR) is 68.1 cm³/mol. The minimum absolute atomic E-state index is 0.165. The summed E-state index contributed by atoms with van der Waals surface area (Å²) in [4.78, 5) is 14.0. The van der Waals surface area contributed by atoms with E-state index in [1.807, 2.05) is 0 Å². The Morgan fingerprint density at radius 3 is 2.67 bits per heavy atom. The molecule has 1 N–H and O–H groups in total. The van der Waals surface area contributed by atoms with Crippen LogP contribution in [0.25, 0.3) is 0 Å². The second kappa shape index (κ2) is 5.96. The van der Waals surface area contributed by atoms with Crippen molar-refractivity contribution in [3.05, 3.63) is 27.9 Å². The highest BCUT2D eigenvalue weighted by atomic mass is 16.6. The van der Waals surface area contributed by atoms with Gasteiger partial charge in [-0.3, -0.25) is 10.1 Å². The Bertz CT molecular complexity index is 479. The number of nitriles is 1. The van der Waals surface area contributed by atoms with Gasteiger partial charge in [0.2, 0.25) is 5.69 Å².